The van der Waals surface area contributed by atoms with Crippen LogP contribution >= 0.6 is 15.9 Å². The monoisotopic (exact) mass is 328 g/mol. The lowest BCUT2D eigenvalue weighted by Gasteiger charge is -2.10. The molecule has 1 aromatic heterocycles. The number of hydrogen-bond acceptors (Lipinski definition) is 3. The van der Waals surface area contributed by atoms with Crippen LogP contribution in [0.15, 0.2) is 30.5 Å². The largest absolute Gasteiger partial charge is 0.496 e. The van der Waals surface area contributed by atoms with Crippen LogP contribution in [-0.2, 0) is 5.33 Å². The van der Waals surface area contributed by atoms with Crippen LogP contribution in [0.4, 0.5) is 8.78 Å². The highest BCUT2D eigenvalue weighted by Crippen LogP contribution is 2.29. The highest BCUT2D eigenvalue weighted by Gasteiger charge is 2.17. The van der Waals surface area contributed by atoms with E-state index in [1.54, 1.807) is 24.3 Å². The number of methoxy groups -OCH3 is 1. The van der Waals surface area contributed by atoms with E-state index in [-0.39, 0.29) is 11.5 Å². The van der Waals surface area contributed by atoms with Crippen LogP contribution in [0, 0.1) is 0 Å². The first-order valence-electron chi connectivity index (χ1n) is 5.50. The van der Waals surface area contributed by atoms with Gasteiger partial charge in [-0.2, -0.15) is 0 Å². The van der Waals surface area contributed by atoms with Crippen molar-refractivity contribution in [1.82, 2.24) is 9.97 Å². The summed E-state index contributed by atoms with van der Waals surface area (Å²) in [6, 6.07) is 7.04. The van der Waals surface area contributed by atoms with Gasteiger partial charge in [-0.25, -0.2) is 18.7 Å². The first kappa shape index (κ1) is 13.9. The molecular weight excluding hydrogens is 318 g/mol. The van der Waals surface area contributed by atoms with E-state index in [4.69, 9.17) is 4.74 Å². The second kappa shape index (κ2) is 6.06. The van der Waals surface area contributed by atoms with E-state index in [0.29, 0.717) is 22.2 Å². The number of rotatable bonds is 4. The Balaban J connectivity index is 2.54. The SMILES string of the molecule is COc1ccccc1-c1ncc(CBr)c(C(F)F)n1. The number of benzene rings is 1. The van der Waals surface area contributed by atoms with Gasteiger partial charge in [0.15, 0.2) is 5.82 Å². The Morgan fingerprint density at radius 2 is 2.05 bits per heavy atom. The molecule has 0 atom stereocenters. The maximum Gasteiger partial charge on any atom is 0.280 e. The van der Waals surface area contributed by atoms with Crippen molar-refractivity contribution in [2.45, 2.75) is 11.8 Å². The van der Waals surface area contributed by atoms with E-state index in [1.807, 2.05) is 0 Å². The van der Waals surface area contributed by atoms with Crippen LogP contribution in [0.3, 0.4) is 0 Å². The maximum atomic E-state index is 13.0. The average Bonchev–Trinajstić information content (AvgIpc) is 2.46. The normalized spacial score (nSPS) is 10.8. The van der Waals surface area contributed by atoms with E-state index in [9.17, 15) is 8.78 Å². The van der Waals surface area contributed by atoms with Gasteiger partial charge in [-0.05, 0) is 12.1 Å². The van der Waals surface area contributed by atoms with Crippen molar-refractivity contribution >= 4 is 15.9 Å². The molecule has 0 saturated heterocycles. The topological polar surface area (TPSA) is 35.0 Å². The zero-order valence-electron chi connectivity index (χ0n) is 10.1. The third-order valence-corrected chi connectivity index (χ3v) is 3.20. The summed E-state index contributed by atoms with van der Waals surface area (Å²) >= 11 is 3.15. The van der Waals surface area contributed by atoms with Crippen molar-refractivity contribution in [1.29, 1.82) is 0 Å². The molecule has 6 heteroatoms. The summed E-state index contributed by atoms with van der Waals surface area (Å²) < 4.78 is 31.1. The van der Waals surface area contributed by atoms with Gasteiger partial charge in [0.25, 0.3) is 6.43 Å². The van der Waals surface area contributed by atoms with Gasteiger partial charge in [-0.1, -0.05) is 28.1 Å². The summed E-state index contributed by atoms with van der Waals surface area (Å²) in [5.41, 5.74) is 0.717. The van der Waals surface area contributed by atoms with Crippen molar-refractivity contribution in [3.05, 3.63) is 41.7 Å². The van der Waals surface area contributed by atoms with Crippen molar-refractivity contribution in [2.24, 2.45) is 0 Å². The molecule has 0 amide bonds. The molecular formula is C13H11BrF2N2O. The standard InChI is InChI=1S/C13H11BrF2N2O/c1-19-10-5-3-2-4-9(10)13-17-7-8(6-14)11(18-13)12(15)16/h2-5,7,12H,6H2,1H3. The number of ether oxygens (including phenoxy) is 1. The summed E-state index contributed by atoms with van der Waals surface area (Å²) in [4.78, 5) is 8.07. The molecule has 0 N–H and O–H groups in total. The molecule has 1 aromatic carbocycles. The van der Waals surface area contributed by atoms with Crippen molar-refractivity contribution in [2.75, 3.05) is 7.11 Å². The van der Waals surface area contributed by atoms with Gasteiger partial charge in [-0.3, -0.25) is 0 Å². The van der Waals surface area contributed by atoms with Crippen LogP contribution in [0.2, 0.25) is 0 Å². The zero-order chi connectivity index (χ0) is 13.8. The second-order valence-corrected chi connectivity index (χ2v) is 4.30. The molecule has 0 unspecified atom stereocenters. The average molecular weight is 329 g/mol. The molecule has 0 aliphatic rings. The Bertz CT molecular complexity index is 578. The van der Waals surface area contributed by atoms with Crippen LogP contribution in [0.5, 0.6) is 5.75 Å². The maximum absolute atomic E-state index is 13.0. The van der Waals surface area contributed by atoms with Gasteiger partial charge < -0.3 is 4.74 Å². The smallest absolute Gasteiger partial charge is 0.280 e. The third-order valence-electron chi connectivity index (χ3n) is 2.60. The summed E-state index contributed by atoms with van der Waals surface area (Å²) in [6.07, 6.45) is -1.23. The molecule has 2 rings (SSSR count). The predicted molar refractivity (Wildman–Crippen MR) is 71.6 cm³/mol. The fraction of sp³-hybridized carbons (Fsp3) is 0.231. The van der Waals surface area contributed by atoms with Crippen LogP contribution in [-0.4, -0.2) is 17.1 Å². The molecule has 1 heterocycles. The minimum atomic E-state index is -2.64. The van der Waals surface area contributed by atoms with Gasteiger partial charge >= 0.3 is 0 Å². The summed E-state index contributed by atoms with van der Waals surface area (Å²) in [6.45, 7) is 0. The van der Waals surface area contributed by atoms with E-state index >= 15 is 0 Å². The lowest BCUT2D eigenvalue weighted by Crippen LogP contribution is -2.02. The lowest BCUT2D eigenvalue weighted by molar-refractivity contribution is 0.145. The minimum absolute atomic E-state index is 0.234. The summed E-state index contributed by atoms with van der Waals surface area (Å²) in [5, 5.41) is 0.291. The molecule has 2 aromatic rings. The number of alkyl halides is 3. The Labute approximate surface area is 117 Å². The predicted octanol–water partition coefficient (Wildman–Crippen LogP) is 3.98. The lowest BCUT2D eigenvalue weighted by atomic mass is 10.1. The molecule has 0 spiro atoms. The highest BCUT2D eigenvalue weighted by molar-refractivity contribution is 9.08. The molecule has 0 fully saturated rings. The quantitative estimate of drug-likeness (QED) is 0.796. The van der Waals surface area contributed by atoms with Crippen molar-refractivity contribution in [3.63, 3.8) is 0 Å². The van der Waals surface area contributed by atoms with Gasteiger partial charge in [0.1, 0.15) is 11.4 Å². The molecule has 3 nitrogen and oxygen atoms in total. The molecule has 100 valence electrons. The number of nitrogens with zero attached hydrogens (tertiary/aromatic N) is 2. The Kier molecular flexibility index (Phi) is 4.42. The van der Waals surface area contributed by atoms with Gasteiger partial charge in [0, 0.05) is 17.1 Å². The zero-order valence-corrected chi connectivity index (χ0v) is 11.7. The Morgan fingerprint density at radius 1 is 1.32 bits per heavy atom. The summed E-state index contributed by atoms with van der Waals surface area (Å²) in [7, 11) is 1.51. The minimum Gasteiger partial charge on any atom is -0.496 e. The fourth-order valence-electron chi connectivity index (χ4n) is 1.67. The van der Waals surface area contributed by atoms with Crippen LogP contribution in [0.1, 0.15) is 17.7 Å². The summed E-state index contributed by atoms with van der Waals surface area (Å²) in [5.74, 6) is 0.784. The van der Waals surface area contributed by atoms with Gasteiger partial charge in [-0.15, -0.1) is 0 Å². The second-order valence-electron chi connectivity index (χ2n) is 3.74. The first-order valence-corrected chi connectivity index (χ1v) is 6.62. The number of para-hydroxylation sites is 1. The molecule has 0 saturated carbocycles. The van der Waals surface area contributed by atoms with E-state index < -0.39 is 6.43 Å². The first-order chi connectivity index (χ1) is 9.17. The van der Waals surface area contributed by atoms with Crippen LogP contribution in [0.25, 0.3) is 11.4 Å². The molecule has 0 radical (unpaired) electrons. The molecule has 19 heavy (non-hydrogen) atoms. The fourth-order valence-corrected chi connectivity index (χ4v) is 2.10. The van der Waals surface area contributed by atoms with Gasteiger partial charge in [0.05, 0.1) is 12.7 Å². The third kappa shape index (κ3) is 2.89. The Morgan fingerprint density at radius 3 is 2.68 bits per heavy atom. The van der Waals surface area contributed by atoms with Gasteiger partial charge in [0.2, 0.25) is 0 Å². The number of aromatic nitrogens is 2. The Hall–Kier alpha value is -1.56. The van der Waals surface area contributed by atoms with E-state index in [1.165, 1.54) is 13.3 Å². The molecule has 0 aliphatic carbocycles. The highest BCUT2D eigenvalue weighted by atomic mass is 79.9. The number of halogens is 3. The van der Waals surface area contributed by atoms with E-state index in [0.717, 1.165) is 0 Å². The van der Waals surface area contributed by atoms with Crippen molar-refractivity contribution in [3.8, 4) is 17.1 Å². The van der Waals surface area contributed by atoms with Crippen molar-refractivity contribution < 1.29 is 13.5 Å². The number of hydrogen-bond donors (Lipinski definition) is 0. The molecule has 0 aliphatic heterocycles. The van der Waals surface area contributed by atoms with E-state index in [2.05, 4.69) is 25.9 Å². The molecule has 0 bridgehead atoms. The van der Waals surface area contributed by atoms with Crippen LogP contribution < -0.4 is 4.74 Å².